The summed E-state index contributed by atoms with van der Waals surface area (Å²) in [6.07, 6.45) is 2.03. The van der Waals surface area contributed by atoms with Crippen molar-refractivity contribution in [3.8, 4) is 0 Å². The molecule has 4 rings (SSSR count). The predicted octanol–water partition coefficient (Wildman–Crippen LogP) is 7.79. The maximum Gasteiger partial charge on any atom is 0.269 e. The molecule has 0 bridgehead atoms. The number of azo groups is 1. The van der Waals surface area contributed by atoms with Crippen molar-refractivity contribution >= 4 is 39.2 Å². The van der Waals surface area contributed by atoms with Crippen molar-refractivity contribution in [2.75, 3.05) is 10.6 Å². The van der Waals surface area contributed by atoms with Crippen LogP contribution >= 0.6 is 0 Å². The maximum absolute atomic E-state index is 10.8. The SMILES string of the molecule is CC(C)CC1(CC(C)C)Nc2cccc3c(N=Nc4ccc([N+](=O)[O-])cc4)ccc(c23)N1. The van der Waals surface area contributed by atoms with Gasteiger partial charge in [0.2, 0.25) is 0 Å². The van der Waals surface area contributed by atoms with Crippen LogP contribution in [0.3, 0.4) is 0 Å². The van der Waals surface area contributed by atoms with E-state index in [1.807, 2.05) is 18.2 Å². The largest absolute Gasteiger partial charge is 0.362 e. The van der Waals surface area contributed by atoms with E-state index in [-0.39, 0.29) is 11.4 Å². The fraction of sp³-hybridized carbons (Fsp3) is 0.360. The normalized spacial score (nSPS) is 14.7. The van der Waals surface area contributed by atoms with Gasteiger partial charge in [0.15, 0.2) is 0 Å². The molecule has 1 aliphatic rings. The van der Waals surface area contributed by atoms with Gasteiger partial charge < -0.3 is 10.6 Å². The molecule has 0 saturated carbocycles. The molecular weight excluding hydrogens is 402 g/mol. The van der Waals surface area contributed by atoms with Gasteiger partial charge in [-0.1, -0.05) is 39.8 Å². The lowest BCUT2D eigenvalue weighted by Crippen LogP contribution is -2.50. The molecule has 0 spiro atoms. The van der Waals surface area contributed by atoms with Gasteiger partial charge in [-0.2, -0.15) is 5.11 Å². The standard InChI is InChI=1S/C25H29N5O2/c1-16(2)14-25(15-17(3)4)26-22-7-5-6-20-21(12-13-23(27-25)24(20)22)29-28-18-8-10-19(11-9-18)30(31)32/h5-13,16-17,26-27H,14-15H2,1-4H3. The minimum Gasteiger partial charge on any atom is -0.362 e. The Bertz CT molecular complexity index is 1140. The summed E-state index contributed by atoms with van der Waals surface area (Å²) in [7, 11) is 0. The fourth-order valence-corrected chi connectivity index (χ4v) is 4.67. The Morgan fingerprint density at radius 3 is 2.09 bits per heavy atom. The molecular formula is C25H29N5O2. The third kappa shape index (κ3) is 4.42. The van der Waals surface area contributed by atoms with E-state index in [1.165, 1.54) is 12.1 Å². The summed E-state index contributed by atoms with van der Waals surface area (Å²) in [5, 5.41) is 29.3. The summed E-state index contributed by atoms with van der Waals surface area (Å²) in [6, 6.07) is 16.3. The van der Waals surface area contributed by atoms with Gasteiger partial charge in [-0.25, -0.2) is 0 Å². The van der Waals surface area contributed by atoms with E-state index in [4.69, 9.17) is 0 Å². The number of nitrogens with one attached hydrogen (secondary N) is 2. The van der Waals surface area contributed by atoms with Gasteiger partial charge in [0, 0.05) is 34.3 Å². The Morgan fingerprint density at radius 1 is 0.875 bits per heavy atom. The number of anilines is 2. The molecule has 0 fully saturated rings. The van der Waals surface area contributed by atoms with Gasteiger partial charge in [0.25, 0.3) is 5.69 Å². The highest BCUT2D eigenvalue weighted by atomic mass is 16.6. The van der Waals surface area contributed by atoms with E-state index in [0.717, 1.165) is 40.7 Å². The molecule has 0 aromatic heterocycles. The number of nitrogens with zero attached hydrogens (tertiary/aromatic N) is 3. The summed E-state index contributed by atoms with van der Waals surface area (Å²) >= 11 is 0. The van der Waals surface area contributed by atoms with Crippen molar-refractivity contribution in [3.63, 3.8) is 0 Å². The van der Waals surface area contributed by atoms with Crippen molar-refractivity contribution in [2.24, 2.45) is 22.1 Å². The Balaban J connectivity index is 1.70. The molecule has 0 atom stereocenters. The van der Waals surface area contributed by atoms with Crippen LogP contribution in [0, 0.1) is 22.0 Å². The van der Waals surface area contributed by atoms with Gasteiger partial charge >= 0.3 is 0 Å². The van der Waals surface area contributed by atoms with Gasteiger partial charge in [0.1, 0.15) is 5.66 Å². The molecule has 0 amide bonds. The molecule has 0 saturated heterocycles. The van der Waals surface area contributed by atoms with Crippen LogP contribution in [-0.4, -0.2) is 10.6 Å². The molecule has 2 N–H and O–H groups in total. The molecule has 166 valence electrons. The monoisotopic (exact) mass is 431 g/mol. The summed E-state index contributed by atoms with van der Waals surface area (Å²) in [4.78, 5) is 10.4. The van der Waals surface area contributed by atoms with Crippen molar-refractivity contribution in [3.05, 3.63) is 64.7 Å². The van der Waals surface area contributed by atoms with E-state index in [9.17, 15) is 10.1 Å². The van der Waals surface area contributed by atoms with Crippen molar-refractivity contribution in [1.82, 2.24) is 0 Å². The zero-order chi connectivity index (χ0) is 22.9. The van der Waals surface area contributed by atoms with Crippen molar-refractivity contribution in [2.45, 2.75) is 46.2 Å². The van der Waals surface area contributed by atoms with Crippen LogP contribution in [-0.2, 0) is 0 Å². The Hall–Kier alpha value is -3.48. The molecule has 7 nitrogen and oxygen atoms in total. The minimum atomic E-state index is -0.425. The van der Waals surface area contributed by atoms with Gasteiger partial charge in [-0.05, 0) is 55.0 Å². The predicted molar refractivity (Wildman–Crippen MR) is 130 cm³/mol. The van der Waals surface area contributed by atoms with E-state index >= 15 is 0 Å². The van der Waals surface area contributed by atoms with E-state index in [0.29, 0.717) is 17.5 Å². The Morgan fingerprint density at radius 2 is 1.50 bits per heavy atom. The topological polar surface area (TPSA) is 91.9 Å². The fourth-order valence-electron chi connectivity index (χ4n) is 4.67. The molecule has 1 aliphatic heterocycles. The highest BCUT2D eigenvalue weighted by Crippen LogP contribution is 2.44. The van der Waals surface area contributed by atoms with Crippen LogP contribution in [0.2, 0.25) is 0 Å². The molecule has 1 heterocycles. The first-order valence-corrected chi connectivity index (χ1v) is 11.0. The Kier molecular flexibility index (Phi) is 5.82. The lowest BCUT2D eigenvalue weighted by atomic mass is 9.86. The van der Waals surface area contributed by atoms with E-state index in [2.05, 4.69) is 60.7 Å². The van der Waals surface area contributed by atoms with E-state index < -0.39 is 4.92 Å². The highest BCUT2D eigenvalue weighted by molar-refractivity contribution is 6.09. The number of nitro groups is 1. The van der Waals surface area contributed by atoms with Crippen molar-refractivity contribution < 1.29 is 4.92 Å². The summed E-state index contributed by atoms with van der Waals surface area (Å²) < 4.78 is 0. The van der Waals surface area contributed by atoms with Gasteiger partial charge in [-0.3, -0.25) is 10.1 Å². The lowest BCUT2D eigenvalue weighted by Gasteiger charge is -2.44. The summed E-state index contributed by atoms with van der Waals surface area (Å²) in [5.41, 5.74) is 3.38. The minimum absolute atomic E-state index is 0.0361. The number of hydrogen-bond acceptors (Lipinski definition) is 6. The molecule has 7 heteroatoms. The average Bonchev–Trinajstić information content (AvgIpc) is 2.72. The van der Waals surface area contributed by atoms with Gasteiger partial charge in [0.05, 0.1) is 16.3 Å². The maximum atomic E-state index is 10.8. The van der Waals surface area contributed by atoms with Crippen LogP contribution in [0.4, 0.5) is 28.4 Å². The molecule has 32 heavy (non-hydrogen) atoms. The quantitative estimate of drug-likeness (QED) is 0.227. The van der Waals surface area contributed by atoms with Crippen LogP contribution in [0.1, 0.15) is 40.5 Å². The molecule has 3 aromatic carbocycles. The first-order valence-electron chi connectivity index (χ1n) is 11.0. The molecule has 0 aliphatic carbocycles. The van der Waals surface area contributed by atoms with E-state index in [1.54, 1.807) is 12.1 Å². The lowest BCUT2D eigenvalue weighted by molar-refractivity contribution is -0.384. The highest BCUT2D eigenvalue weighted by Gasteiger charge is 2.35. The zero-order valence-electron chi connectivity index (χ0n) is 18.9. The average molecular weight is 432 g/mol. The zero-order valence-corrected chi connectivity index (χ0v) is 18.9. The van der Waals surface area contributed by atoms with Crippen LogP contribution in [0.15, 0.2) is 64.8 Å². The van der Waals surface area contributed by atoms with Crippen LogP contribution in [0.5, 0.6) is 0 Å². The number of non-ortho nitro benzene ring substituents is 1. The third-order valence-corrected chi connectivity index (χ3v) is 5.61. The first kappa shape index (κ1) is 21.7. The van der Waals surface area contributed by atoms with Gasteiger partial charge in [-0.15, -0.1) is 5.11 Å². The smallest absolute Gasteiger partial charge is 0.269 e. The number of nitro benzene ring substituents is 1. The molecule has 3 aromatic rings. The van der Waals surface area contributed by atoms with Crippen LogP contribution in [0.25, 0.3) is 10.8 Å². The molecule has 0 unspecified atom stereocenters. The second kappa shape index (κ2) is 8.57. The third-order valence-electron chi connectivity index (χ3n) is 5.61. The number of rotatable bonds is 7. The van der Waals surface area contributed by atoms with Crippen LogP contribution < -0.4 is 10.6 Å². The second-order valence-electron chi connectivity index (χ2n) is 9.36. The molecule has 0 radical (unpaired) electrons. The number of benzene rings is 3. The number of hydrogen-bond donors (Lipinski definition) is 2. The Labute approximate surface area is 188 Å². The summed E-state index contributed by atoms with van der Waals surface area (Å²) in [5.74, 6) is 1.09. The van der Waals surface area contributed by atoms with Crippen molar-refractivity contribution in [1.29, 1.82) is 0 Å². The summed E-state index contributed by atoms with van der Waals surface area (Å²) in [6.45, 7) is 9.01. The second-order valence-corrected chi connectivity index (χ2v) is 9.36. The first-order chi connectivity index (χ1) is 15.3.